The second-order valence-corrected chi connectivity index (χ2v) is 9.43. The van der Waals surface area contributed by atoms with Gasteiger partial charge in [0.2, 0.25) is 16.0 Å². The number of nitrogens with one attached hydrogen (secondary N) is 1. The van der Waals surface area contributed by atoms with Crippen LogP contribution in [0.4, 0.5) is 5.95 Å². The predicted molar refractivity (Wildman–Crippen MR) is 117 cm³/mol. The highest BCUT2D eigenvalue weighted by Gasteiger charge is 2.35. The number of ether oxygens (including phenoxy) is 2. The third kappa shape index (κ3) is 4.90. The summed E-state index contributed by atoms with van der Waals surface area (Å²) in [6.45, 7) is 3.39. The Morgan fingerprint density at radius 2 is 1.88 bits per heavy atom. The summed E-state index contributed by atoms with van der Waals surface area (Å²) in [6.07, 6.45) is 3.58. The number of methoxy groups -OCH3 is 2. The maximum atomic E-state index is 13.2. The normalized spacial score (nSPS) is 14.8. The molecule has 0 radical (unpaired) electrons. The Morgan fingerprint density at radius 1 is 1.19 bits per heavy atom. The van der Waals surface area contributed by atoms with Crippen LogP contribution in [-0.2, 0) is 26.5 Å². The van der Waals surface area contributed by atoms with Crippen LogP contribution in [0.2, 0.25) is 5.02 Å². The standard InChI is InChI=1S/C18H25ClN8O4S/c1-6-14(30-4)27-17(13-7-8-26(3)24-13)22-23-18(27)25-32(28,29)11(2)15(31-5)16-20-9-12(19)10-21-16/h7-11,14-15H,6H2,1-5H3,(H,23,25)/t11-,14?,15-/m0/s1. The van der Waals surface area contributed by atoms with Crippen molar-refractivity contribution >= 4 is 27.6 Å². The minimum Gasteiger partial charge on any atom is -0.372 e. The first-order chi connectivity index (χ1) is 15.2. The van der Waals surface area contributed by atoms with Crippen LogP contribution in [0.5, 0.6) is 0 Å². The Hall–Kier alpha value is -2.61. The first-order valence-corrected chi connectivity index (χ1v) is 11.6. The van der Waals surface area contributed by atoms with Gasteiger partial charge in [-0.3, -0.25) is 14.0 Å². The maximum Gasteiger partial charge on any atom is 0.240 e. The highest BCUT2D eigenvalue weighted by molar-refractivity contribution is 7.93. The van der Waals surface area contributed by atoms with E-state index >= 15 is 0 Å². The largest absolute Gasteiger partial charge is 0.372 e. The Labute approximate surface area is 191 Å². The number of hydrogen-bond acceptors (Lipinski definition) is 9. The second kappa shape index (κ2) is 9.90. The molecule has 0 aliphatic rings. The molecule has 12 nitrogen and oxygen atoms in total. The Balaban J connectivity index is 1.97. The number of aromatic nitrogens is 7. The van der Waals surface area contributed by atoms with Gasteiger partial charge < -0.3 is 9.47 Å². The van der Waals surface area contributed by atoms with Crippen LogP contribution in [0.15, 0.2) is 24.7 Å². The van der Waals surface area contributed by atoms with Crippen LogP contribution in [0.3, 0.4) is 0 Å². The average Bonchev–Trinajstić information content (AvgIpc) is 3.37. The molecule has 0 bridgehead atoms. The number of aryl methyl sites for hydroxylation is 1. The van der Waals surface area contributed by atoms with Gasteiger partial charge in [0.15, 0.2) is 11.6 Å². The van der Waals surface area contributed by atoms with E-state index in [1.807, 2.05) is 6.92 Å². The van der Waals surface area contributed by atoms with Crippen molar-refractivity contribution in [3.8, 4) is 11.5 Å². The lowest BCUT2D eigenvalue weighted by molar-refractivity contribution is 0.0437. The van der Waals surface area contributed by atoms with E-state index in [4.69, 9.17) is 21.1 Å². The third-order valence-electron chi connectivity index (χ3n) is 4.85. The lowest BCUT2D eigenvalue weighted by atomic mass is 10.2. The van der Waals surface area contributed by atoms with Gasteiger partial charge in [-0.1, -0.05) is 18.5 Å². The molecular weight excluding hydrogens is 460 g/mol. The second-order valence-electron chi connectivity index (χ2n) is 6.96. The van der Waals surface area contributed by atoms with E-state index in [-0.39, 0.29) is 11.8 Å². The van der Waals surface area contributed by atoms with Crippen LogP contribution in [0.25, 0.3) is 11.5 Å². The summed E-state index contributed by atoms with van der Waals surface area (Å²) in [7, 11) is 0.666. The number of anilines is 1. The van der Waals surface area contributed by atoms with Gasteiger partial charge in [-0.15, -0.1) is 10.2 Å². The van der Waals surface area contributed by atoms with Gasteiger partial charge in [0, 0.05) is 39.9 Å². The summed E-state index contributed by atoms with van der Waals surface area (Å²) in [5, 5.41) is 11.8. The van der Waals surface area contributed by atoms with E-state index in [0.29, 0.717) is 23.0 Å². The van der Waals surface area contributed by atoms with E-state index in [0.717, 1.165) is 0 Å². The molecule has 0 spiro atoms. The van der Waals surface area contributed by atoms with E-state index in [1.54, 1.807) is 28.6 Å². The molecule has 0 fully saturated rings. The summed E-state index contributed by atoms with van der Waals surface area (Å²) >= 11 is 5.83. The highest BCUT2D eigenvalue weighted by Crippen LogP contribution is 2.29. The third-order valence-corrected chi connectivity index (χ3v) is 6.73. The molecule has 3 aromatic heterocycles. The monoisotopic (exact) mass is 484 g/mol. The van der Waals surface area contributed by atoms with Crippen LogP contribution in [0, 0.1) is 0 Å². The summed E-state index contributed by atoms with van der Waals surface area (Å²) in [5.74, 6) is 0.556. The van der Waals surface area contributed by atoms with Crippen LogP contribution >= 0.6 is 11.6 Å². The molecule has 3 rings (SSSR count). The molecule has 0 aliphatic heterocycles. The molecule has 1 unspecified atom stereocenters. The Bertz CT molecular complexity index is 1140. The summed E-state index contributed by atoms with van der Waals surface area (Å²) in [6, 6.07) is 1.75. The van der Waals surface area contributed by atoms with E-state index in [2.05, 4.69) is 30.0 Å². The zero-order valence-electron chi connectivity index (χ0n) is 18.3. The van der Waals surface area contributed by atoms with Crippen molar-refractivity contribution < 1.29 is 17.9 Å². The minimum absolute atomic E-state index is 0.00178. The first-order valence-electron chi connectivity index (χ1n) is 9.71. The lowest BCUT2D eigenvalue weighted by Crippen LogP contribution is -2.34. The fourth-order valence-corrected chi connectivity index (χ4v) is 4.39. The van der Waals surface area contributed by atoms with Crippen LogP contribution < -0.4 is 4.72 Å². The molecule has 0 saturated carbocycles. The summed E-state index contributed by atoms with van der Waals surface area (Å²) in [4.78, 5) is 8.17. The molecule has 32 heavy (non-hydrogen) atoms. The highest BCUT2D eigenvalue weighted by atomic mass is 35.5. The van der Waals surface area contributed by atoms with E-state index < -0.39 is 27.6 Å². The fourth-order valence-electron chi connectivity index (χ4n) is 3.16. The number of rotatable bonds is 10. The topological polar surface area (TPSA) is 139 Å². The van der Waals surface area contributed by atoms with Gasteiger partial charge in [0.1, 0.15) is 23.3 Å². The SMILES string of the molecule is CCC(OC)n1c(NS(=O)(=O)[C@@H](C)[C@H](OC)c2ncc(Cl)cn2)nnc1-c1ccn(C)n1. The average molecular weight is 485 g/mol. The molecule has 1 N–H and O–H groups in total. The molecule has 3 atom stereocenters. The first kappa shape index (κ1) is 24.0. The molecule has 0 aromatic carbocycles. The Kier molecular flexibility index (Phi) is 7.44. The molecule has 174 valence electrons. The number of hydrogen-bond donors (Lipinski definition) is 1. The van der Waals surface area contributed by atoms with Crippen molar-refractivity contribution in [2.75, 3.05) is 18.9 Å². The van der Waals surface area contributed by atoms with E-state index in [1.165, 1.54) is 33.5 Å². The maximum absolute atomic E-state index is 13.2. The summed E-state index contributed by atoms with van der Waals surface area (Å²) in [5.41, 5.74) is 0.526. The van der Waals surface area contributed by atoms with Crippen molar-refractivity contribution in [2.24, 2.45) is 7.05 Å². The summed E-state index contributed by atoms with van der Waals surface area (Å²) < 4.78 is 43.1. The zero-order valence-corrected chi connectivity index (χ0v) is 19.9. The van der Waals surface area contributed by atoms with Gasteiger partial charge in [-0.05, 0) is 19.4 Å². The number of nitrogens with zero attached hydrogens (tertiary/aromatic N) is 7. The van der Waals surface area contributed by atoms with Crippen molar-refractivity contribution in [2.45, 2.75) is 37.9 Å². The van der Waals surface area contributed by atoms with E-state index in [9.17, 15) is 8.42 Å². The lowest BCUT2D eigenvalue weighted by Gasteiger charge is -2.23. The molecular formula is C18H25ClN8O4S. The molecule has 14 heteroatoms. The van der Waals surface area contributed by atoms with Gasteiger partial charge in [0.05, 0.1) is 5.02 Å². The van der Waals surface area contributed by atoms with Gasteiger partial charge in [-0.25, -0.2) is 18.4 Å². The molecule has 0 saturated heterocycles. The molecule has 3 aromatic rings. The molecule has 0 amide bonds. The fraction of sp³-hybridized carbons (Fsp3) is 0.500. The minimum atomic E-state index is -4.01. The smallest absolute Gasteiger partial charge is 0.240 e. The van der Waals surface area contributed by atoms with Crippen molar-refractivity contribution in [3.63, 3.8) is 0 Å². The van der Waals surface area contributed by atoms with Crippen molar-refractivity contribution in [3.05, 3.63) is 35.5 Å². The number of halogens is 1. The van der Waals surface area contributed by atoms with Crippen molar-refractivity contribution in [1.29, 1.82) is 0 Å². The van der Waals surface area contributed by atoms with Gasteiger partial charge in [0.25, 0.3) is 0 Å². The van der Waals surface area contributed by atoms with Crippen LogP contribution in [0.1, 0.15) is 38.4 Å². The van der Waals surface area contributed by atoms with Gasteiger partial charge in [-0.2, -0.15) is 5.10 Å². The Morgan fingerprint density at radius 3 is 2.41 bits per heavy atom. The van der Waals surface area contributed by atoms with Crippen molar-refractivity contribution in [1.82, 2.24) is 34.5 Å². The predicted octanol–water partition coefficient (Wildman–Crippen LogP) is 2.19. The van der Waals surface area contributed by atoms with Crippen LogP contribution in [-0.4, -0.2) is 62.4 Å². The molecule has 3 heterocycles. The molecule has 0 aliphatic carbocycles. The van der Waals surface area contributed by atoms with Gasteiger partial charge >= 0.3 is 0 Å². The number of sulfonamides is 1. The zero-order chi connectivity index (χ0) is 23.5. The quantitative estimate of drug-likeness (QED) is 0.458.